The molecule has 27 heavy (non-hydrogen) atoms. The smallest absolute Gasteiger partial charge is 0.269 e. The molecule has 7 nitrogen and oxygen atoms in total. The molecular formula is C19H24N2O5S. The summed E-state index contributed by atoms with van der Waals surface area (Å²) in [7, 11) is 0. The average molecular weight is 392 g/mol. The van der Waals surface area contributed by atoms with Gasteiger partial charge in [-0.05, 0) is 42.2 Å². The number of aryl methyl sites for hydroxylation is 2. The molecule has 3 N–H and O–H groups in total. The summed E-state index contributed by atoms with van der Waals surface area (Å²) in [6.45, 7) is 3.66. The highest BCUT2D eigenvalue weighted by Gasteiger charge is 2.24. The van der Waals surface area contributed by atoms with E-state index in [0.717, 1.165) is 24.8 Å². The molecule has 0 fully saturated rings. The molecule has 1 aromatic carbocycles. The third-order valence-corrected chi connectivity index (χ3v) is 5.55. The molecule has 1 heterocycles. The first-order valence-electron chi connectivity index (χ1n) is 8.86. The van der Waals surface area contributed by atoms with E-state index in [1.165, 1.54) is 40.5 Å². The number of aliphatic hydroxyl groups excluding tert-OH is 2. The van der Waals surface area contributed by atoms with E-state index in [-0.39, 0.29) is 11.6 Å². The molecule has 0 aliphatic heterocycles. The minimum Gasteiger partial charge on any atom is -0.394 e. The summed E-state index contributed by atoms with van der Waals surface area (Å²) < 4.78 is 0. The van der Waals surface area contributed by atoms with Crippen LogP contribution in [0.3, 0.4) is 0 Å². The van der Waals surface area contributed by atoms with Gasteiger partial charge in [0, 0.05) is 17.0 Å². The van der Waals surface area contributed by atoms with E-state index in [1.54, 1.807) is 0 Å². The topological polar surface area (TPSA) is 113 Å². The van der Waals surface area contributed by atoms with Crippen molar-refractivity contribution in [3.63, 3.8) is 0 Å². The van der Waals surface area contributed by atoms with Crippen molar-refractivity contribution in [1.82, 2.24) is 5.32 Å². The van der Waals surface area contributed by atoms with E-state index in [4.69, 9.17) is 0 Å². The lowest BCUT2D eigenvalue weighted by Crippen LogP contribution is -2.41. The second-order valence-electron chi connectivity index (χ2n) is 6.22. The number of rotatable bonds is 9. The minimum absolute atomic E-state index is 0.0929. The normalized spacial score (nSPS) is 13.2. The van der Waals surface area contributed by atoms with Gasteiger partial charge in [0.2, 0.25) is 0 Å². The van der Waals surface area contributed by atoms with Gasteiger partial charge in [-0.25, -0.2) is 0 Å². The molecule has 2 rings (SSSR count). The van der Waals surface area contributed by atoms with Crippen LogP contribution in [0, 0.1) is 10.1 Å². The molecular weight excluding hydrogens is 368 g/mol. The van der Waals surface area contributed by atoms with Gasteiger partial charge in [-0.15, -0.1) is 11.3 Å². The van der Waals surface area contributed by atoms with Crippen LogP contribution in [0.4, 0.5) is 5.69 Å². The largest absolute Gasteiger partial charge is 0.394 e. The molecule has 0 saturated heterocycles. The predicted octanol–water partition coefficient (Wildman–Crippen LogP) is 3.00. The van der Waals surface area contributed by atoms with Gasteiger partial charge in [0.1, 0.15) is 6.10 Å². The standard InChI is InChI=1S/C19H24N2O5S/c1-3-5-16-12(4-2)10-17(27-16)19(24)20-15(11-22)18(23)13-6-8-14(9-7-13)21(25)26/h6-10,15,18,22-23H,3-5,11H2,1-2H3,(H,20,24)/t15-,18-/m0/s1. The Morgan fingerprint density at radius 2 is 1.96 bits per heavy atom. The SMILES string of the molecule is CCCc1sc(C(=O)N[C@@H](CO)[C@@H](O)c2ccc([N+](=O)[O-])cc2)cc1CC. The van der Waals surface area contributed by atoms with Gasteiger partial charge in [0.25, 0.3) is 11.6 Å². The van der Waals surface area contributed by atoms with Crippen LogP contribution in [0.5, 0.6) is 0 Å². The number of nitrogens with one attached hydrogen (secondary N) is 1. The first kappa shape index (κ1) is 21.0. The molecule has 8 heteroatoms. The third kappa shape index (κ3) is 5.12. The summed E-state index contributed by atoms with van der Waals surface area (Å²) in [4.78, 5) is 24.5. The highest BCUT2D eigenvalue weighted by atomic mass is 32.1. The van der Waals surface area contributed by atoms with Crippen LogP contribution in [0.25, 0.3) is 0 Å². The minimum atomic E-state index is -1.18. The summed E-state index contributed by atoms with van der Waals surface area (Å²) in [6, 6.07) is 6.32. The Morgan fingerprint density at radius 3 is 2.48 bits per heavy atom. The number of non-ortho nitro benzene ring substituents is 1. The zero-order chi connectivity index (χ0) is 20.0. The predicted molar refractivity (Wildman–Crippen MR) is 104 cm³/mol. The van der Waals surface area contributed by atoms with Crippen molar-refractivity contribution in [3.05, 3.63) is 61.3 Å². The molecule has 2 aromatic rings. The number of amides is 1. The monoisotopic (exact) mass is 392 g/mol. The first-order chi connectivity index (χ1) is 12.9. The highest BCUT2D eigenvalue weighted by molar-refractivity contribution is 7.14. The highest BCUT2D eigenvalue weighted by Crippen LogP contribution is 2.26. The third-order valence-electron chi connectivity index (χ3n) is 4.32. The maximum atomic E-state index is 12.6. The van der Waals surface area contributed by atoms with Crippen molar-refractivity contribution in [2.24, 2.45) is 0 Å². The first-order valence-corrected chi connectivity index (χ1v) is 9.68. The molecule has 0 spiro atoms. The second kappa shape index (κ2) is 9.59. The van der Waals surface area contributed by atoms with Gasteiger partial charge < -0.3 is 15.5 Å². The number of benzene rings is 1. The van der Waals surface area contributed by atoms with Gasteiger partial charge in [-0.3, -0.25) is 14.9 Å². The van der Waals surface area contributed by atoms with Crippen LogP contribution in [-0.4, -0.2) is 33.7 Å². The van der Waals surface area contributed by atoms with Crippen LogP contribution in [0.15, 0.2) is 30.3 Å². The number of nitro benzene ring substituents is 1. The number of hydrogen-bond donors (Lipinski definition) is 3. The van der Waals surface area contributed by atoms with Crippen molar-refractivity contribution < 1.29 is 19.9 Å². The maximum Gasteiger partial charge on any atom is 0.269 e. The fraction of sp³-hybridized carbons (Fsp3) is 0.421. The summed E-state index contributed by atoms with van der Waals surface area (Å²) in [5.41, 5.74) is 1.43. The van der Waals surface area contributed by atoms with Gasteiger partial charge >= 0.3 is 0 Å². The van der Waals surface area contributed by atoms with E-state index in [0.29, 0.717) is 10.4 Å². The second-order valence-corrected chi connectivity index (χ2v) is 7.36. The molecule has 0 radical (unpaired) electrons. The van der Waals surface area contributed by atoms with Crippen molar-refractivity contribution in [3.8, 4) is 0 Å². The molecule has 146 valence electrons. The number of carbonyl (C=O) groups is 1. The van der Waals surface area contributed by atoms with Crippen molar-refractivity contribution in [2.45, 2.75) is 45.3 Å². The molecule has 2 atom stereocenters. The number of hydrogen-bond acceptors (Lipinski definition) is 6. The number of aliphatic hydroxyl groups is 2. The lowest BCUT2D eigenvalue weighted by Gasteiger charge is -2.22. The Labute approximate surface area is 161 Å². The Morgan fingerprint density at radius 1 is 1.30 bits per heavy atom. The van der Waals surface area contributed by atoms with Gasteiger partial charge in [-0.1, -0.05) is 20.3 Å². The van der Waals surface area contributed by atoms with E-state index >= 15 is 0 Å². The van der Waals surface area contributed by atoms with Crippen LogP contribution < -0.4 is 5.32 Å². The summed E-state index contributed by atoms with van der Waals surface area (Å²) >= 11 is 1.43. The number of nitro groups is 1. The van der Waals surface area contributed by atoms with Gasteiger partial charge in [-0.2, -0.15) is 0 Å². The molecule has 0 unspecified atom stereocenters. The zero-order valence-electron chi connectivity index (χ0n) is 15.3. The zero-order valence-corrected chi connectivity index (χ0v) is 16.2. The van der Waals surface area contributed by atoms with Crippen LogP contribution >= 0.6 is 11.3 Å². The van der Waals surface area contributed by atoms with E-state index < -0.39 is 23.7 Å². The lowest BCUT2D eigenvalue weighted by molar-refractivity contribution is -0.384. The Kier molecular flexibility index (Phi) is 7.46. The molecule has 1 aromatic heterocycles. The Balaban J connectivity index is 2.13. The summed E-state index contributed by atoms with van der Waals surface area (Å²) in [5.74, 6) is -0.350. The average Bonchev–Trinajstić information content (AvgIpc) is 3.09. The van der Waals surface area contributed by atoms with E-state index in [2.05, 4.69) is 12.2 Å². The molecule has 0 aliphatic rings. The Bertz CT molecular complexity index is 788. The summed E-state index contributed by atoms with van der Waals surface area (Å²) in [5, 5.41) is 33.4. The Hall–Kier alpha value is -2.29. The fourth-order valence-electron chi connectivity index (χ4n) is 2.81. The number of carbonyl (C=O) groups excluding carboxylic acids is 1. The van der Waals surface area contributed by atoms with E-state index in [9.17, 15) is 25.1 Å². The van der Waals surface area contributed by atoms with Crippen LogP contribution in [-0.2, 0) is 12.8 Å². The van der Waals surface area contributed by atoms with Crippen LogP contribution in [0.1, 0.15) is 52.0 Å². The van der Waals surface area contributed by atoms with Crippen LogP contribution in [0.2, 0.25) is 0 Å². The molecule has 1 amide bonds. The van der Waals surface area contributed by atoms with Crippen molar-refractivity contribution in [1.29, 1.82) is 0 Å². The molecule has 0 bridgehead atoms. The molecule has 0 aliphatic carbocycles. The fourth-order valence-corrected chi connectivity index (χ4v) is 4.06. The lowest BCUT2D eigenvalue weighted by atomic mass is 10.0. The maximum absolute atomic E-state index is 12.6. The number of nitrogens with zero attached hydrogens (tertiary/aromatic N) is 1. The van der Waals surface area contributed by atoms with Crippen molar-refractivity contribution in [2.75, 3.05) is 6.61 Å². The van der Waals surface area contributed by atoms with Crippen molar-refractivity contribution >= 4 is 22.9 Å². The van der Waals surface area contributed by atoms with Gasteiger partial charge in [0.05, 0.1) is 22.4 Å². The van der Waals surface area contributed by atoms with Gasteiger partial charge in [0.15, 0.2) is 0 Å². The molecule has 0 saturated carbocycles. The quantitative estimate of drug-likeness (QED) is 0.448. The number of thiophene rings is 1. The van der Waals surface area contributed by atoms with E-state index in [1.807, 2.05) is 13.0 Å². The summed E-state index contributed by atoms with van der Waals surface area (Å²) in [6.07, 6.45) is 1.57.